The van der Waals surface area contributed by atoms with Crippen molar-refractivity contribution >= 4 is 5.91 Å². The van der Waals surface area contributed by atoms with Crippen molar-refractivity contribution < 1.29 is 14.3 Å². The lowest BCUT2D eigenvalue weighted by molar-refractivity contribution is 0.0840. The van der Waals surface area contributed by atoms with Crippen LogP contribution in [0.25, 0.3) is 5.69 Å². The van der Waals surface area contributed by atoms with Crippen LogP contribution in [-0.2, 0) is 0 Å². The molecule has 1 amide bonds. The van der Waals surface area contributed by atoms with E-state index in [2.05, 4.69) is 10.4 Å². The minimum Gasteiger partial charge on any atom is -0.391 e. The largest absolute Gasteiger partial charge is 0.391 e. The summed E-state index contributed by atoms with van der Waals surface area (Å²) in [6.07, 6.45) is 6.94. The number of amides is 1. The topological polar surface area (TPSA) is 67.2 Å². The van der Waals surface area contributed by atoms with Crippen LogP contribution in [0.3, 0.4) is 0 Å². The van der Waals surface area contributed by atoms with Gasteiger partial charge in [0.15, 0.2) is 0 Å². The third kappa shape index (κ3) is 3.59. The second-order valence-corrected chi connectivity index (χ2v) is 5.94. The van der Waals surface area contributed by atoms with Gasteiger partial charge < -0.3 is 10.4 Å². The highest BCUT2D eigenvalue weighted by atomic mass is 19.1. The number of hydrogen-bond acceptors (Lipinski definition) is 3. The van der Waals surface area contributed by atoms with E-state index in [0.29, 0.717) is 0 Å². The zero-order valence-electron chi connectivity index (χ0n) is 12.8. The fourth-order valence-corrected chi connectivity index (χ4v) is 3.05. The number of nitrogens with zero attached hydrogens (tertiary/aromatic N) is 2. The molecule has 0 saturated heterocycles. The van der Waals surface area contributed by atoms with E-state index >= 15 is 0 Å². The lowest BCUT2D eigenvalue weighted by Gasteiger charge is -2.18. The van der Waals surface area contributed by atoms with Gasteiger partial charge in [-0.15, -0.1) is 0 Å². The Bertz CT molecular complexity index is 666. The number of benzene rings is 1. The van der Waals surface area contributed by atoms with Crippen LogP contribution < -0.4 is 5.32 Å². The molecule has 0 aliphatic heterocycles. The van der Waals surface area contributed by atoms with Gasteiger partial charge in [-0.1, -0.05) is 12.8 Å². The van der Waals surface area contributed by atoms with E-state index in [0.717, 1.165) is 25.7 Å². The van der Waals surface area contributed by atoms with Crippen LogP contribution in [0.2, 0.25) is 0 Å². The molecule has 1 aliphatic carbocycles. The van der Waals surface area contributed by atoms with Gasteiger partial charge in [-0.25, -0.2) is 9.07 Å². The minimum atomic E-state index is -0.533. The number of rotatable bonds is 5. The predicted molar refractivity (Wildman–Crippen MR) is 83.8 cm³/mol. The first kappa shape index (κ1) is 15.7. The van der Waals surface area contributed by atoms with Crippen molar-refractivity contribution in [1.29, 1.82) is 0 Å². The lowest BCUT2D eigenvalue weighted by atomic mass is 10.0. The molecular weight excluding hydrogens is 297 g/mol. The Morgan fingerprint density at radius 3 is 2.87 bits per heavy atom. The van der Waals surface area contributed by atoms with Gasteiger partial charge in [0.2, 0.25) is 0 Å². The zero-order valence-corrected chi connectivity index (χ0v) is 12.8. The summed E-state index contributed by atoms with van der Waals surface area (Å²) >= 11 is 0. The number of aliphatic hydroxyl groups excluding tert-OH is 1. The van der Waals surface area contributed by atoms with E-state index in [-0.39, 0.29) is 29.6 Å². The molecule has 2 N–H and O–H groups in total. The summed E-state index contributed by atoms with van der Waals surface area (Å²) in [4.78, 5) is 12.1. The summed E-state index contributed by atoms with van der Waals surface area (Å²) in [5.74, 6) is -0.639. The Morgan fingerprint density at radius 2 is 2.22 bits per heavy atom. The van der Waals surface area contributed by atoms with Crippen molar-refractivity contribution in [2.24, 2.45) is 5.92 Å². The molecule has 5 nitrogen and oxygen atoms in total. The highest BCUT2D eigenvalue weighted by Gasteiger charge is 2.23. The smallest absolute Gasteiger partial charge is 0.251 e. The summed E-state index contributed by atoms with van der Waals surface area (Å²) in [6, 6.07) is 5.96. The standard InChI is InChI=1S/C17H20FN3O2/c18-14-10-13(6-7-15(14)21-9-3-8-20-21)17(23)19-11-16(22)12-4-1-2-5-12/h3,6-10,12,16,22H,1-2,4-5,11H2,(H,19,23). The molecule has 0 radical (unpaired) electrons. The van der Waals surface area contributed by atoms with E-state index in [4.69, 9.17) is 0 Å². The molecule has 0 spiro atoms. The summed E-state index contributed by atoms with van der Waals surface area (Å²) in [5.41, 5.74) is 0.523. The van der Waals surface area contributed by atoms with E-state index in [9.17, 15) is 14.3 Å². The fourth-order valence-electron chi connectivity index (χ4n) is 3.05. The van der Waals surface area contributed by atoms with Gasteiger partial charge in [-0.2, -0.15) is 5.10 Å². The Hall–Kier alpha value is -2.21. The third-order valence-electron chi connectivity index (χ3n) is 4.38. The lowest BCUT2D eigenvalue weighted by Crippen LogP contribution is -2.35. The van der Waals surface area contributed by atoms with Crippen LogP contribution >= 0.6 is 0 Å². The molecule has 1 aromatic heterocycles. The Morgan fingerprint density at radius 1 is 1.43 bits per heavy atom. The van der Waals surface area contributed by atoms with E-state index < -0.39 is 11.9 Å². The quantitative estimate of drug-likeness (QED) is 0.889. The number of hydrogen-bond donors (Lipinski definition) is 2. The van der Waals surface area contributed by atoms with E-state index in [1.165, 1.54) is 16.8 Å². The van der Waals surface area contributed by atoms with Gasteiger partial charge in [0.05, 0.1) is 6.10 Å². The first-order valence-electron chi connectivity index (χ1n) is 7.91. The molecule has 3 rings (SSSR count). The summed E-state index contributed by atoms with van der Waals surface area (Å²) < 4.78 is 15.5. The maximum Gasteiger partial charge on any atom is 0.251 e. The third-order valence-corrected chi connectivity index (χ3v) is 4.38. The fraction of sp³-hybridized carbons (Fsp3) is 0.412. The molecular formula is C17H20FN3O2. The van der Waals surface area contributed by atoms with E-state index in [1.54, 1.807) is 24.5 Å². The SMILES string of the molecule is O=C(NCC(O)C1CCCC1)c1ccc(-n2cccn2)c(F)c1. The Labute approximate surface area is 134 Å². The van der Waals surface area contributed by atoms with Crippen molar-refractivity contribution in [1.82, 2.24) is 15.1 Å². The van der Waals surface area contributed by atoms with Gasteiger partial charge in [0, 0.05) is 24.5 Å². The molecule has 0 bridgehead atoms. The van der Waals surface area contributed by atoms with Crippen LogP contribution in [0.15, 0.2) is 36.7 Å². The van der Waals surface area contributed by atoms with Crippen LogP contribution in [0, 0.1) is 11.7 Å². The normalized spacial score (nSPS) is 16.4. The Kier molecular flexibility index (Phi) is 4.71. The van der Waals surface area contributed by atoms with Crippen molar-refractivity contribution in [3.8, 4) is 5.69 Å². The van der Waals surface area contributed by atoms with Crippen LogP contribution in [0.5, 0.6) is 0 Å². The molecule has 1 aliphatic rings. The van der Waals surface area contributed by atoms with Gasteiger partial charge in [0.1, 0.15) is 11.5 Å². The molecule has 1 atom stereocenters. The number of nitrogens with one attached hydrogen (secondary N) is 1. The molecule has 1 unspecified atom stereocenters. The highest BCUT2D eigenvalue weighted by molar-refractivity contribution is 5.94. The first-order valence-corrected chi connectivity index (χ1v) is 7.91. The Balaban J connectivity index is 1.62. The monoisotopic (exact) mass is 317 g/mol. The molecule has 1 fully saturated rings. The molecule has 6 heteroatoms. The van der Waals surface area contributed by atoms with Crippen LogP contribution in [0.4, 0.5) is 4.39 Å². The van der Waals surface area contributed by atoms with E-state index in [1.807, 2.05) is 0 Å². The summed E-state index contributed by atoms with van der Waals surface area (Å²) in [6.45, 7) is 0.200. The molecule has 2 aromatic rings. The predicted octanol–water partition coefficient (Wildman–Crippen LogP) is 2.29. The maximum atomic E-state index is 14.1. The molecule has 122 valence electrons. The average Bonchev–Trinajstić information content (AvgIpc) is 3.25. The van der Waals surface area contributed by atoms with Gasteiger partial charge in [-0.05, 0) is 43.0 Å². The number of carbonyl (C=O) groups is 1. The highest BCUT2D eigenvalue weighted by Crippen LogP contribution is 2.27. The van der Waals surface area contributed by atoms with Crippen LogP contribution in [-0.4, -0.2) is 33.4 Å². The molecule has 23 heavy (non-hydrogen) atoms. The maximum absolute atomic E-state index is 14.1. The second-order valence-electron chi connectivity index (χ2n) is 5.94. The first-order chi connectivity index (χ1) is 11.1. The summed E-state index contributed by atoms with van der Waals surface area (Å²) in [5, 5.41) is 16.7. The molecule has 1 saturated carbocycles. The number of aliphatic hydroxyl groups is 1. The number of aromatic nitrogens is 2. The van der Waals surface area contributed by atoms with Crippen molar-refractivity contribution in [3.05, 3.63) is 48.0 Å². The van der Waals surface area contributed by atoms with Gasteiger partial charge in [0.25, 0.3) is 5.91 Å². The number of carbonyl (C=O) groups excluding carboxylic acids is 1. The van der Waals surface area contributed by atoms with Crippen molar-refractivity contribution in [3.63, 3.8) is 0 Å². The molecule has 1 aromatic carbocycles. The second kappa shape index (κ2) is 6.91. The van der Waals surface area contributed by atoms with Gasteiger partial charge >= 0.3 is 0 Å². The van der Waals surface area contributed by atoms with Crippen LogP contribution in [0.1, 0.15) is 36.0 Å². The summed E-state index contributed by atoms with van der Waals surface area (Å²) in [7, 11) is 0. The van der Waals surface area contributed by atoms with Crippen molar-refractivity contribution in [2.75, 3.05) is 6.54 Å². The minimum absolute atomic E-state index is 0.200. The molecule has 1 heterocycles. The zero-order chi connectivity index (χ0) is 16.2. The average molecular weight is 317 g/mol. The number of halogens is 1. The van der Waals surface area contributed by atoms with Gasteiger partial charge in [-0.3, -0.25) is 4.79 Å². The van der Waals surface area contributed by atoms with Crippen molar-refractivity contribution in [2.45, 2.75) is 31.8 Å².